The Kier molecular flexibility index (Phi) is 5.46. The predicted molar refractivity (Wildman–Crippen MR) is 99.2 cm³/mol. The van der Waals surface area contributed by atoms with E-state index in [9.17, 15) is 14.9 Å². The molecule has 0 aliphatic rings. The number of amides is 1. The fraction of sp³-hybridized carbons (Fsp3) is 0.158. The molecule has 0 fully saturated rings. The first-order chi connectivity index (χ1) is 13.1. The lowest BCUT2D eigenvalue weighted by Gasteiger charge is -2.08. The topological polar surface area (TPSA) is 99.3 Å². The number of aromatic nitrogens is 2. The molecule has 1 amide bonds. The van der Waals surface area contributed by atoms with E-state index >= 15 is 0 Å². The Morgan fingerprint density at radius 2 is 2.04 bits per heavy atom. The van der Waals surface area contributed by atoms with Crippen molar-refractivity contribution in [2.75, 3.05) is 13.7 Å². The normalized spacial score (nSPS) is 10.4. The second kappa shape index (κ2) is 8.13. The Bertz CT molecular complexity index is 937. The quantitative estimate of drug-likeness (QED) is 0.512. The van der Waals surface area contributed by atoms with E-state index in [1.165, 1.54) is 29.2 Å². The lowest BCUT2D eigenvalue weighted by molar-refractivity contribution is -0.384. The molecule has 0 atom stereocenters. The van der Waals surface area contributed by atoms with Gasteiger partial charge in [0.25, 0.3) is 11.6 Å². The van der Waals surface area contributed by atoms with Gasteiger partial charge in [0.2, 0.25) is 0 Å². The van der Waals surface area contributed by atoms with Gasteiger partial charge in [-0.25, -0.2) is 4.98 Å². The number of hydrogen-bond acceptors (Lipinski definition) is 5. The van der Waals surface area contributed by atoms with Crippen molar-refractivity contribution in [2.45, 2.75) is 6.42 Å². The number of nitrogens with one attached hydrogen (secondary N) is 1. The summed E-state index contributed by atoms with van der Waals surface area (Å²) in [5.41, 5.74) is 1.49. The van der Waals surface area contributed by atoms with E-state index in [0.717, 1.165) is 11.3 Å². The molecule has 2 aromatic carbocycles. The van der Waals surface area contributed by atoms with E-state index in [0.29, 0.717) is 18.7 Å². The number of carbonyl (C=O) groups is 1. The SMILES string of the molecule is COc1ccc(CCNC(=O)c2ccc(-n3ccnc3)c([N+](=O)[O-])c2)cc1. The van der Waals surface area contributed by atoms with Crippen molar-refractivity contribution in [1.82, 2.24) is 14.9 Å². The summed E-state index contributed by atoms with van der Waals surface area (Å²) in [5.74, 6) is 0.414. The number of rotatable bonds is 7. The summed E-state index contributed by atoms with van der Waals surface area (Å²) >= 11 is 0. The van der Waals surface area contributed by atoms with E-state index < -0.39 is 4.92 Å². The van der Waals surface area contributed by atoms with E-state index in [1.807, 2.05) is 24.3 Å². The van der Waals surface area contributed by atoms with Crippen molar-refractivity contribution in [1.29, 1.82) is 0 Å². The van der Waals surface area contributed by atoms with Crippen molar-refractivity contribution in [2.24, 2.45) is 0 Å². The molecule has 0 bridgehead atoms. The monoisotopic (exact) mass is 366 g/mol. The van der Waals surface area contributed by atoms with Crippen molar-refractivity contribution < 1.29 is 14.5 Å². The van der Waals surface area contributed by atoms with Crippen LogP contribution in [-0.4, -0.2) is 34.0 Å². The van der Waals surface area contributed by atoms with Gasteiger partial charge in [0.15, 0.2) is 0 Å². The molecule has 0 saturated carbocycles. The van der Waals surface area contributed by atoms with Crippen molar-refractivity contribution in [3.63, 3.8) is 0 Å². The first kappa shape index (κ1) is 18.1. The number of benzene rings is 2. The molecule has 3 rings (SSSR count). The molecule has 1 N–H and O–H groups in total. The van der Waals surface area contributed by atoms with E-state index in [4.69, 9.17) is 4.74 Å². The Morgan fingerprint density at radius 1 is 1.26 bits per heavy atom. The maximum absolute atomic E-state index is 12.3. The molecule has 8 nitrogen and oxygen atoms in total. The Hall–Kier alpha value is -3.68. The van der Waals surface area contributed by atoms with Crippen LogP contribution in [0.25, 0.3) is 5.69 Å². The van der Waals surface area contributed by atoms with Gasteiger partial charge in [0, 0.05) is 30.6 Å². The average molecular weight is 366 g/mol. The molecule has 8 heteroatoms. The number of imidazole rings is 1. The third kappa shape index (κ3) is 4.30. The molecule has 1 heterocycles. The van der Waals surface area contributed by atoms with Gasteiger partial charge in [-0.3, -0.25) is 14.9 Å². The zero-order valence-electron chi connectivity index (χ0n) is 14.7. The first-order valence-electron chi connectivity index (χ1n) is 8.26. The first-order valence-corrected chi connectivity index (χ1v) is 8.26. The fourth-order valence-electron chi connectivity index (χ4n) is 2.65. The lowest BCUT2D eigenvalue weighted by Crippen LogP contribution is -2.25. The minimum absolute atomic E-state index is 0.157. The smallest absolute Gasteiger partial charge is 0.294 e. The van der Waals surface area contributed by atoms with Crippen LogP contribution < -0.4 is 10.1 Å². The molecule has 0 spiro atoms. The second-order valence-corrected chi connectivity index (χ2v) is 5.78. The van der Waals surface area contributed by atoms with Gasteiger partial charge in [-0.1, -0.05) is 12.1 Å². The Balaban J connectivity index is 1.67. The number of nitro benzene ring substituents is 1. The molecule has 0 aliphatic heterocycles. The maximum atomic E-state index is 12.3. The zero-order chi connectivity index (χ0) is 19.2. The van der Waals surface area contributed by atoms with Crippen LogP contribution in [0.4, 0.5) is 5.69 Å². The molecular weight excluding hydrogens is 348 g/mol. The van der Waals surface area contributed by atoms with Gasteiger partial charge in [-0.05, 0) is 36.2 Å². The molecule has 0 radical (unpaired) electrons. The highest BCUT2D eigenvalue weighted by Gasteiger charge is 2.18. The van der Waals surface area contributed by atoms with Crippen molar-refractivity contribution >= 4 is 11.6 Å². The number of hydrogen-bond donors (Lipinski definition) is 1. The predicted octanol–water partition coefficient (Wildman–Crippen LogP) is 2.76. The third-order valence-electron chi connectivity index (χ3n) is 4.08. The Morgan fingerprint density at radius 3 is 2.67 bits per heavy atom. The molecule has 138 valence electrons. The largest absolute Gasteiger partial charge is 0.497 e. The molecular formula is C19H18N4O4. The van der Waals surface area contributed by atoms with Crippen LogP contribution >= 0.6 is 0 Å². The van der Waals surface area contributed by atoms with Gasteiger partial charge in [-0.2, -0.15) is 0 Å². The second-order valence-electron chi connectivity index (χ2n) is 5.78. The highest BCUT2D eigenvalue weighted by Crippen LogP contribution is 2.24. The average Bonchev–Trinajstić information content (AvgIpc) is 3.22. The summed E-state index contributed by atoms with van der Waals surface area (Å²) < 4.78 is 6.64. The highest BCUT2D eigenvalue weighted by molar-refractivity contribution is 5.95. The van der Waals surface area contributed by atoms with Gasteiger partial charge in [-0.15, -0.1) is 0 Å². The van der Waals surface area contributed by atoms with Gasteiger partial charge in [0.05, 0.1) is 18.4 Å². The molecule has 0 aliphatic carbocycles. The van der Waals surface area contributed by atoms with Crippen LogP contribution in [0, 0.1) is 10.1 Å². The van der Waals surface area contributed by atoms with E-state index in [2.05, 4.69) is 10.3 Å². The van der Waals surface area contributed by atoms with Crippen molar-refractivity contribution in [3.05, 3.63) is 82.4 Å². The van der Waals surface area contributed by atoms with E-state index in [-0.39, 0.29) is 17.2 Å². The Labute approximate surface area is 155 Å². The maximum Gasteiger partial charge on any atom is 0.294 e. The molecule has 1 aromatic heterocycles. The summed E-state index contributed by atoms with van der Waals surface area (Å²) in [6.07, 6.45) is 5.25. The summed E-state index contributed by atoms with van der Waals surface area (Å²) in [4.78, 5) is 27.1. The van der Waals surface area contributed by atoms with Crippen LogP contribution in [0.15, 0.2) is 61.2 Å². The molecule has 27 heavy (non-hydrogen) atoms. The number of nitro groups is 1. The summed E-state index contributed by atoms with van der Waals surface area (Å²) in [7, 11) is 1.60. The standard InChI is InChI=1S/C19H18N4O4/c1-27-16-5-2-14(3-6-16)8-9-21-19(24)15-4-7-17(18(12-15)23(25)26)22-11-10-20-13-22/h2-7,10-13H,8-9H2,1H3,(H,21,24). The molecule has 3 aromatic rings. The van der Waals surface area contributed by atoms with Gasteiger partial charge in [0.1, 0.15) is 11.4 Å². The fourth-order valence-corrected chi connectivity index (χ4v) is 2.65. The van der Waals surface area contributed by atoms with Crippen LogP contribution in [-0.2, 0) is 6.42 Å². The van der Waals surface area contributed by atoms with E-state index in [1.54, 1.807) is 19.4 Å². The number of carbonyl (C=O) groups excluding carboxylic acids is 1. The summed E-state index contributed by atoms with van der Waals surface area (Å²) in [6.45, 7) is 0.419. The lowest BCUT2D eigenvalue weighted by atomic mass is 10.1. The van der Waals surface area contributed by atoms with Crippen LogP contribution in [0.3, 0.4) is 0 Å². The molecule has 0 saturated heterocycles. The van der Waals surface area contributed by atoms with Crippen LogP contribution in [0.1, 0.15) is 15.9 Å². The third-order valence-corrected chi connectivity index (χ3v) is 4.08. The highest BCUT2D eigenvalue weighted by atomic mass is 16.6. The summed E-state index contributed by atoms with van der Waals surface area (Å²) in [5, 5.41) is 14.2. The number of nitrogens with zero attached hydrogens (tertiary/aromatic N) is 3. The van der Waals surface area contributed by atoms with Gasteiger partial charge < -0.3 is 14.6 Å². The van der Waals surface area contributed by atoms with Crippen LogP contribution in [0.5, 0.6) is 5.75 Å². The minimum atomic E-state index is -0.510. The zero-order valence-corrected chi connectivity index (χ0v) is 14.7. The number of methoxy groups -OCH3 is 1. The van der Waals surface area contributed by atoms with Crippen molar-refractivity contribution in [3.8, 4) is 11.4 Å². The molecule has 0 unspecified atom stereocenters. The number of ether oxygens (including phenoxy) is 1. The van der Waals surface area contributed by atoms with Crippen LogP contribution in [0.2, 0.25) is 0 Å². The minimum Gasteiger partial charge on any atom is -0.497 e. The van der Waals surface area contributed by atoms with Gasteiger partial charge >= 0.3 is 0 Å². The summed E-state index contributed by atoms with van der Waals surface area (Å²) in [6, 6.07) is 11.9.